The maximum absolute atomic E-state index is 13.1. The summed E-state index contributed by atoms with van der Waals surface area (Å²) in [5.74, 6) is 0.414. The van der Waals surface area contributed by atoms with Gasteiger partial charge in [-0.3, -0.25) is 9.59 Å². The lowest BCUT2D eigenvalue weighted by molar-refractivity contribution is 0.0637. The molecule has 0 aromatic heterocycles. The number of anilines is 1. The number of hydrogen-bond donors (Lipinski definition) is 0. The van der Waals surface area contributed by atoms with Crippen LogP contribution in [0.3, 0.4) is 0 Å². The molecule has 0 bridgehead atoms. The number of piperidine rings is 1. The maximum atomic E-state index is 13.1. The van der Waals surface area contributed by atoms with E-state index in [2.05, 4.69) is 0 Å². The van der Waals surface area contributed by atoms with Gasteiger partial charge >= 0.3 is 0 Å². The molecule has 0 N–H and O–H groups in total. The highest BCUT2D eigenvalue weighted by atomic mass is 16.5. The van der Waals surface area contributed by atoms with Crippen LogP contribution < -0.4 is 9.64 Å². The molecule has 1 saturated heterocycles. The van der Waals surface area contributed by atoms with Crippen molar-refractivity contribution >= 4 is 17.4 Å². The first-order chi connectivity index (χ1) is 13.0. The molecule has 5 nitrogen and oxygen atoms in total. The van der Waals surface area contributed by atoms with Crippen LogP contribution in [0.15, 0.2) is 48.5 Å². The van der Waals surface area contributed by atoms with Gasteiger partial charge in [0.25, 0.3) is 5.91 Å². The first-order valence-corrected chi connectivity index (χ1v) is 9.25. The highest BCUT2D eigenvalue weighted by Gasteiger charge is 2.31. The van der Waals surface area contributed by atoms with E-state index < -0.39 is 0 Å². The highest BCUT2D eigenvalue weighted by molar-refractivity contribution is 6.02. The summed E-state index contributed by atoms with van der Waals surface area (Å²) in [6.07, 6.45) is 1.61. The van der Waals surface area contributed by atoms with Crippen molar-refractivity contribution in [1.29, 1.82) is 0 Å². The number of benzene rings is 2. The minimum absolute atomic E-state index is 0.0168. The van der Waals surface area contributed by atoms with Crippen LogP contribution in [0.2, 0.25) is 0 Å². The average Bonchev–Trinajstić information content (AvgIpc) is 2.72. The summed E-state index contributed by atoms with van der Waals surface area (Å²) in [5.41, 5.74) is 2.15. The van der Waals surface area contributed by atoms with Crippen LogP contribution in [0, 0.1) is 5.92 Å². The summed E-state index contributed by atoms with van der Waals surface area (Å²) in [4.78, 5) is 29.9. The quantitative estimate of drug-likeness (QED) is 0.760. The third-order valence-corrected chi connectivity index (χ3v) is 5.07. The molecule has 1 amide bonds. The molecule has 0 unspecified atom stereocenters. The standard InChI is InChI=1S/C22H26N2O3/c1-23(2)19-12-6-4-10-17(19)22(26)24-14-8-9-16(15-24)21(25)18-11-5-7-13-20(18)27-3/h4-7,10-13,16H,8-9,14-15H2,1-3H3/t16-/m1/s1. The number of carbonyl (C=O) groups is 2. The SMILES string of the molecule is COc1ccccc1C(=O)[C@@H]1CCCN(C(=O)c2ccccc2N(C)C)C1. The molecule has 142 valence electrons. The summed E-state index contributed by atoms with van der Waals surface area (Å²) in [6, 6.07) is 14.9. The highest BCUT2D eigenvalue weighted by Crippen LogP contribution is 2.28. The molecular formula is C22H26N2O3. The van der Waals surface area contributed by atoms with Gasteiger partial charge in [0.15, 0.2) is 5.78 Å². The van der Waals surface area contributed by atoms with Crippen molar-refractivity contribution in [2.75, 3.05) is 39.2 Å². The van der Waals surface area contributed by atoms with Gasteiger partial charge in [-0.25, -0.2) is 0 Å². The molecule has 2 aromatic rings. The van der Waals surface area contributed by atoms with Gasteiger partial charge in [-0.05, 0) is 37.1 Å². The molecule has 1 atom stereocenters. The van der Waals surface area contributed by atoms with Crippen molar-refractivity contribution in [3.8, 4) is 5.75 Å². The van der Waals surface area contributed by atoms with E-state index in [0.717, 1.165) is 18.5 Å². The van der Waals surface area contributed by atoms with Crippen LogP contribution in [0.4, 0.5) is 5.69 Å². The molecule has 27 heavy (non-hydrogen) atoms. The molecular weight excluding hydrogens is 340 g/mol. The van der Waals surface area contributed by atoms with Crippen LogP contribution in [-0.4, -0.2) is 50.9 Å². The molecule has 2 aromatic carbocycles. The van der Waals surface area contributed by atoms with Gasteiger partial charge in [0.1, 0.15) is 5.75 Å². The number of amides is 1. The second kappa shape index (κ2) is 8.25. The molecule has 0 spiro atoms. The van der Waals surface area contributed by atoms with Gasteiger partial charge in [-0.2, -0.15) is 0 Å². The van der Waals surface area contributed by atoms with E-state index in [1.807, 2.05) is 60.3 Å². The van der Waals surface area contributed by atoms with Gasteiger partial charge in [0.05, 0.1) is 18.2 Å². The average molecular weight is 366 g/mol. The molecule has 0 radical (unpaired) electrons. The maximum Gasteiger partial charge on any atom is 0.255 e. The number of rotatable bonds is 5. The number of methoxy groups -OCH3 is 1. The fourth-order valence-electron chi connectivity index (χ4n) is 3.66. The topological polar surface area (TPSA) is 49.9 Å². The first-order valence-electron chi connectivity index (χ1n) is 9.25. The van der Waals surface area contributed by atoms with Gasteiger partial charge in [0, 0.05) is 38.8 Å². The smallest absolute Gasteiger partial charge is 0.255 e. The van der Waals surface area contributed by atoms with Crippen LogP contribution in [-0.2, 0) is 0 Å². The Labute approximate surface area is 160 Å². The Morgan fingerprint density at radius 1 is 1.04 bits per heavy atom. The summed E-state index contributed by atoms with van der Waals surface area (Å²) in [6.45, 7) is 1.12. The van der Waals surface area contributed by atoms with Crippen molar-refractivity contribution in [2.24, 2.45) is 5.92 Å². The van der Waals surface area contributed by atoms with E-state index in [4.69, 9.17) is 4.74 Å². The predicted molar refractivity (Wildman–Crippen MR) is 107 cm³/mol. The van der Waals surface area contributed by atoms with Crippen molar-refractivity contribution in [2.45, 2.75) is 12.8 Å². The van der Waals surface area contributed by atoms with Gasteiger partial charge in [0.2, 0.25) is 0 Å². The third kappa shape index (κ3) is 3.97. The van der Waals surface area contributed by atoms with Crippen LogP contribution in [0.25, 0.3) is 0 Å². The molecule has 5 heteroatoms. The van der Waals surface area contributed by atoms with E-state index >= 15 is 0 Å². The Hall–Kier alpha value is -2.82. The van der Waals surface area contributed by atoms with E-state index in [9.17, 15) is 9.59 Å². The Kier molecular flexibility index (Phi) is 5.79. The third-order valence-electron chi connectivity index (χ3n) is 5.07. The minimum Gasteiger partial charge on any atom is -0.496 e. The summed E-state index contributed by atoms with van der Waals surface area (Å²) >= 11 is 0. The molecule has 1 aliphatic heterocycles. The van der Waals surface area contributed by atoms with Gasteiger partial charge in [-0.1, -0.05) is 24.3 Å². The lowest BCUT2D eigenvalue weighted by atomic mass is 9.89. The summed E-state index contributed by atoms with van der Waals surface area (Å²) in [7, 11) is 5.42. The Morgan fingerprint density at radius 3 is 2.41 bits per heavy atom. The predicted octanol–water partition coefficient (Wildman–Crippen LogP) is 3.50. The Balaban J connectivity index is 1.80. The molecule has 1 fully saturated rings. The number of ether oxygens (including phenoxy) is 1. The monoisotopic (exact) mass is 366 g/mol. The van der Waals surface area contributed by atoms with Crippen molar-refractivity contribution in [3.05, 3.63) is 59.7 Å². The lowest BCUT2D eigenvalue weighted by Gasteiger charge is -2.33. The number of para-hydroxylation sites is 2. The number of carbonyl (C=O) groups excluding carboxylic acids is 2. The molecule has 1 aliphatic rings. The number of likely N-dealkylation sites (tertiary alicyclic amines) is 1. The molecule has 1 heterocycles. The lowest BCUT2D eigenvalue weighted by Crippen LogP contribution is -2.42. The minimum atomic E-state index is -0.203. The van der Waals surface area contributed by atoms with Crippen molar-refractivity contribution in [3.63, 3.8) is 0 Å². The Bertz CT molecular complexity index is 832. The normalized spacial score (nSPS) is 16.7. The largest absolute Gasteiger partial charge is 0.496 e. The van der Waals surface area contributed by atoms with E-state index in [1.165, 1.54) is 0 Å². The van der Waals surface area contributed by atoms with Gasteiger partial charge in [-0.15, -0.1) is 0 Å². The van der Waals surface area contributed by atoms with Crippen LogP contribution in [0.1, 0.15) is 33.6 Å². The Morgan fingerprint density at radius 2 is 1.70 bits per heavy atom. The molecule has 3 rings (SSSR count). The fraction of sp³-hybridized carbons (Fsp3) is 0.364. The van der Waals surface area contributed by atoms with E-state index in [0.29, 0.717) is 30.0 Å². The first kappa shape index (κ1) is 19.0. The second-order valence-corrected chi connectivity index (χ2v) is 7.07. The zero-order chi connectivity index (χ0) is 19.4. The van der Waals surface area contributed by atoms with Crippen molar-refractivity contribution < 1.29 is 14.3 Å². The fourth-order valence-corrected chi connectivity index (χ4v) is 3.66. The summed E-state index contributed by atoms with van der Waals surface area (Å²) < 4.78 is 5.34. The van der Waals surface area contributed by atoms with E-state index in [-0.39, 0.29) is 17.6 Å². The zero-order valence-electron chi connectivity index (χ0n) is 16.1. The van der Waals surface area contributed by atoms with E-state index in [1.54, 1.807) is 19.2 Å². The second-order valence-electron chi connectivity index (χ2n) is 7.07. The van der Waals surface area contributed by atoms with Crippen LogP contribution >= 0.6 is 0 Å². The van der Waals surface area contributed by atoms with Crippen LogP contribution in [0.5, 0.6) is 5.75 Å². The number of ketones is 1. The summed E-state index contributed by atoms with van der Waals surface area (Å²) in [5, 5.41) is 0. The van der Waals surface area contributed by atoms with Crippen molar-refractivity contribution in [1.82, 2.24) is 4.90 Å². The molecule has 0 saturated carbocycles. The number of nitrogens with zero attached hydrogens (tertiary/aromatic N) is 2. The van der Waals surface area contributed by atoms with Gasteiger partial charge < -0.3 is 14.5 Å². The molecule has 0 aliphatic carbocycles. The zero-order valence-corrected chi connectivity index (χ0v) is 16.1. The number of hydrogen-bond acceptors (Lipinski definition) is 4. The number of Topliss-reactive ketones (excluding diaryl/α,β-unsaturated/α-hetero) is 1.